The molecule has 3 aromatic rings. The molecule has 1 N–H and O–H groups in total. The Hall–Kier alpha value is -3.48. The Labute approximate surface area is 272 Å². The Morgan fingerprint density at radius 3 is 2.04 bits per heavy atom. The van der Waals surface area contributed by atoms with Crippen molar-refractivity contribution in [3.8, 4) is 0 Å². The van der Waals surface area contributed by atoms with Crippen LogP contribution in [0.5, 0.6) is 0 Å². The molecule has 3 rings (SSSR count). The van der Waals surface area contributed by atoms with Crippen molar-refractivity contribution in [2.75, 3.05) is 19.8 Å². The van der Waals surface area contributed by atoms with Gasteiger partial charge in [0.2, 0.25) is 0 Å². The van der Waals surface area contributed by atoms with Crippen LogP contribution in [0.25, 0.3) is 10.9 Å². The van der Waals surface area contributed by atoms with Gasteiger partial charge in [0, 0.05) is 16.3 Å². The number of amides is 2. The number of rotatable bonds is 15. The molecule has 2 atom stereocenters. The zero-order valence-electron chi connectivity index (χ0n) is 26.8. The lowest BCUT2D eigenvalue weighted by molar-refractivity contribution is -0.151. The van der Waals surface area contributed by atoms with E-state index >= 15 is 0 Å². The van der Waals surface area contributed by atoms with Crippen molar-refractivity contribution < 1.29 is 38.4 Å². The molecular formula is C33H44BrN3O8. The second-order valence-corrected chi connectivity index (χ2v) is 13.0. The molecule has 0 aliphatic carbocycles. The highest BCUT2D eigenvalue weighted by Gasteiger charge is 2.40. The molecule has 0 saturated heterocycles. The number of ether oxygens (including phenoxy) is 4. The predicted molar refractivity (Wildman–Crippen MR) is 172 cm³/mol. The number of benzene rings is 2. The van der Waals surface area contributed by atoms with Gasteiger partial charge in [0.15, 0.2) is 12.3 Å². The Kier molecular flexibility index (Phi) is 13.8. The zero-order valence-corrected chi connectivity index (χ0v) is 28.4. The summed E-state index contributed by atoms with van der Waals surface area (Å²) in [5, 5.41) is 16.0. The fraction of sp³-hybridized carbons (Fsp3) is 0.515. The number of carbonyl (C=O) groups is 3. The number of aromatic nitrogens is 2. The van der Waals surface area contributed by atoms with E-state index in [2.05, 4.69) is 15.9 Å². The van der Waals surface area contributed by atoms with Crippen LogP contribution in [-0.2, 0) is 43.3 Å². The molecule has 2 unspecified atom stereocenters. The average Bonchev–Trinajstić information content (AvgIpc) is 3.32. The van der Waals surface area contributed by atoms with Crippen LogP contribution >= 0.6 is 15.9 Å². The van der Waals surface area contributed by atoms with Crippen molar-refractivity contribution in [1.29, 1.82) is 0 Å². The van der Waals surface area contributed by atoms with E-state index < -0.39 is 30.5 Å². The van der Waals surface area contributed by atoms with Gasteiger partial charge in [0.1, 0.15) is 6.61 Å². The number of carbonyl (C=O) groups excluding carboxylic acids is 3. The van der Waals surface area contributed by atoms with Crippen molar-refractivity contribution in [2.45, 2.75) is 73.4 Å². The van der Waals surface area contributed by atoms with E-state index in [0.29, 0.717) is 28.1 Å². The molecule has 246 valence electrons. The molecule has 0 saturated carbocycles. The minimum Gasteiger partial charge on any atom is -0.459 e. The van der Waals surface area contributed by atoms with Crippen molar-refractivity contribution >= 4 is 45.0 Å². The molecular weight excluding hydrogens is 646 g/mol. The van der Waals surface area contributed by atoms with Crippen LogP contribution in [0, 0.1) is 17.8 Å². The largest absolute Gasteiger partial charge is 0.459 e. The molecule has 0 fully saturated rings. The van der Waals surface area contributed by atoms with Crippen LogP contribution < -0.4 is 0 Å². The third kappa shape index (κ3) is 11.1. The van der Waals surface area contributed by atoms with Crippen molar-refractivity contribution in [3.63, 3.8) is 0 Å². The van der Waals surface area contributed by atoms with Gasteiger partial charge in [-0.3, -0.25) is 4.68 Å². The molecule has 0 spiro atoms. The second-order valence-electron chi connectivity index (χ2n) is 12.1. The van der Waals surface area contributed by atoms with Crippen molar-refractivity contribution in [3.05, 3.63) is 64.3 Å². The van der Waals surface area contributed by atoms with E-state index in [1.165, 1.54) is 4.68 Å². The van der Waals surface area contributed by atoms with Crippen LogP contribution in [0.4, 0.5) is 9.59 Å². The summed E-state index contributed by atoms with van der Waals surface area (Å²) in [5.41, 5.74) is 1.85. The molecule has 45 heavy (non-hydrogen) atoms. The van der Waals surface area contributed by atoms with Gasteiger partial charge < -0.3 is 24.1 Å². The highest BCUT2D eigenvalue weighted by Crippen LogP contribution is 2.26. The smallest absolute Gasteiger partial charge is 0.420 e. The third-order valence-corrected chi connectivity index (χ3v) is 6.90. The van der Waals surface area contributed by atoms with E-state index in [4.69, 9.17) is 24.0 Å². The highest BCUT2D eigenvalue weighted by atomic mass is 79.9. The van der Waals surface area contributed by atoms with E-state index in [1.807, 2.05) is 71.9 Å². The van der Waals surface area contributed by atoms with Crippen LogP contribution in [0.1, 0.15) is 52.8 Å². The fourth-order valence-corrected chi connectivity index (χ4v) is 4.59. The van der Waals surface area contributed by atoms with Crippen LogP contribution in [0.2, 0.25) is 0 Å². The van der Waals surface area contributed by atoms with Crippen molar-refractivity contribution in [2.24, 2.45) is 17.8 Å². The predicted octanol–water partition coefficient (Wildman–Crippen LogP) is 6.33. The van der Waals surface area contributed by atoms with E-state index in [-0.39, 0.29) is 50.5 Å². The van der Waals surface area contributed by atoms with Gasteiger partial charge in [-0.15, -0.1) is 0 Å². The summed E-state index contributed by atoms with van der Waals surface area (Å²) in [4.78, 5) is 41.3. The van der Waals surface area contributed by atoms with Gasteiger partial charge in [-0.2, -0.15) is 10.00 Å². The lowest BCUT2D eigenvalue weighted by Gasteiger charge is -2.28. The minimum atomic E-state index is -1.49. The number of halogens is 1. The standard InChI is InChI=1S/C33H44BrN3O8/c1-21(2)17-42-30(38)15-27-26-14-25(34)12-13-28(26)36(35-27)16-29(31(39)43-20-24-10-8-7-9-11-24)37(32(40)44-18-22(3)4)33(41)45-19-23(5)6/h7-14,21-23,29-30,38H,15-20H2,1-6H3. The zero-order chi connectivity index (χ0) is 33.1. The summed E-state index contributed by atoms with van der Waals surface area (Å²) < 4.78 is 24.4. The number of hydrogen-bond donors (Lipinski definition) is 1. The third-order valence-electron chi connectivity index (χ3n) is 6.41. The molecule has 0 bridgehead atoms. The Morgan fingerprint density at radius 1 is 0.867 bits per heavy atom. The number of aliphatic hydroxyl groups is 1. The fourth-order valence-electron chi connectivity index (χ4n) is 4.23. The molecule has 0 aliphatic heterocycles. The van der Waals surface area contributed by atoms with Gasteiger partial charge in [-0.25, -0.2) is 14.4 Å². The summed E-state index contributed by atoms with van der Waals surface area (Å²) in [5.74, 6) is -0.662. The maximum absolute atomic E-state index is 13.8. The minimum absolute atomic E-state index is 0.0219. The van der Waals surface area contributed by atoms with Crippen LogP contribution in [-0.4, -0.2) is 70.1 Å². The van der Waals surface area contributed by atoms with Crippen molar-refractivity contribution in [1.82, 2.24) is 14.7 Å². The number of imide groups is 1. The summed E-state index contributed by atoms with van der Waals surface area (Å²) >= 11 is 3.49. The van der Waals surface area contributed by atoms with Gasteiger partial charge in [0.25, 0.3) is 0 Å². The van der Waals surface area contributed by atoms with Crippen LogP contribution in [0.15, 0.2) is 53.0 Å². The maximum atomic E-state index is 13.8. The number of fused-ring (bicyclic) bond motifs is 1. The molecule has 0 aliphatic rings. The van der Waals surface area contributed by atoms with Gasteiger partial charge in [-0.05, 0) is 41.5 Å². The normalized spacial score (nSPS) is 12.9. The van der Waals surface area contributed by atoms with E-state index in [9.17, 15) is 19.5 Å². The molecule has 1 aromatic heterocycles. The first-order valence-corrected chi connectivity index (χ1v) is 15.9. The van der Waals surface area contributed by atoms with Gasteiger partial charge in [-0.1, -0.05) is 87.8 Å². The van der Waals surface area contributed by atoms with E-state index in [1.54, 1.807) is 18.2 Å². The lowest BCUT2D eigenvalue weighted by Crippen LogP contribution is -2.52. The number of esters is 1. The molecule has 0 radical (unpaired) electrons. The number of nitrogens with zero attached hydrogens (tertiary/aromatic N) is 3. The summed E-state index contributed by atoms with van der Waals surface area (Å²) in [6.07, 6.45) is -3.10. The van der Waals surface area contributed by atoms with Gasteiger partial charge in [0.05, 0.1) is 37.6 Å². The molecule has 2 aromatic carbocycles. The lowest BCUT2D eigenvalue weighted by atomic mass is 10.1. The molecule has 12 heteroatoms. The summed E-state index contributed by atoms with van der Waals surface area (Å²) in [7, 11) is 0. The topological polar surface area (TPSA) is 129 Å². The second kappa shape index (κ2) is 17.3. The number of aliphatic hydroxyl groups excluding tert-OH is 1. The Morgan fingerprint density at radius 2 is 1.47 bits per heavy atom. The van der Waals surface area contributed by atoms with Crippen LogP contribution in [0.3, 0.4) is 0 Å². The van der Waals surface area contributed by atoms with Gasteiger partial charge >= 0.3 is 18.2 Å². The quantitative estimate of drug-likeness (QED) is 0.111. The Bertz CT molecular complexity index is 1390. The molecule has 11 nitrogen and oxygen atoms in total. The Balaban J connectivity index is 2.04. The van der Waals surface area contributed by atoms with E-state index in [0.717, 1.165) is 10.0 Å². The maximum Gasteiger partial charge on any atom is 0.420 e. The monoisotopic (exact) mass is 689 g/mol. The first kappa shape index (κ1) is 36.0. The first-order valence-electron chi connectivity index (χ1n) is 15.1. The molecule has 1 heterocycles. The molecule has 2 amide bonds. The first-order chi connectivity index (χ1) is 21.3. The highest BCUT2D eigenvalue weighted by molar-refractivity contribution is 9.10. The summed E-state index contributed by atoms with van der Waals surface area (Å²) in [6, 6.07) is 13.0. The summed E-state index contributed by atoms with van der Waals surface area (Å²) in [6.45, 7) is 11.5. The number of hydrogen-bond acceptors (Lipinski definition) is 9. The average molecular weight is 691 g/mol. The SMILES string of the molecule is CC(C)COC(=O)N(C(=O)OCC(C)C)C(Cn1nc(CC(O)OCC(C)C)c2cc(Br)ccc21)C(=O)OCc1ccccc1.